The molecule has 0 N–H and O–H groups in total. The highest BCUT2D eigenvalue weighted by Gasteiger charge is 2.55. The molecule has 1 aromatic heterocycles. The summed E-state index contributed by atoms with van der Waals surface area (Å²) < 4.78 is 60.3. The first-order valence-corrected chi connectivity index (χ1v) is 13.0. The van der Waals surface area contributed by atoms with Crippen molar-refractivity contribution in [1.82, 2.24) is 4.57 Å². The number of benzene rings is 2. The molecule has 1 aliphatic rings. The lowest BCUT2D eigenvalue weighted by molar-refractivity contribution is -0.214. The fourth-order valence-electron chi connectivity index (χ4n) is 5.31. The molecule has 0 bridgehead atoms. The standard InChI is InChI=1S/C30H34F3NO4/c1-5-7-8-9-19-10-13-22(27(16-19)36-4)24-17-20-11-12-21(18-23(20)34(24)3)37-25-14-15-26(38-28(35)6-2)29(25)30(31,32)33/h6,10-13,16-18,25-26,29H,2,5,7-9,14-15H2,1,3-4H3. The molecule has 5 nitrogen and oxygen atoms in total. The number of rotatable bonds is 10. The number of nitrogens with zero attached hydrogens (tertiary/aromatic N) is 1. The number of carbonyl (C=O) groups is 1. The summed E-state index contributed by atoms with van der Waals surface area (Å²) in [5.41, 5.74) is 3.91. The maximum absolute atomic E-state index is 13.9. The van der Waals surface area contributed by atoms with Gasteiger partial charge in [0.15, 0.2) is 0 Å². The third-order valence-corrected chi connectivity index (χ3v) is 7.26. The van der Waals surface area contributed by atoms with Crippen LogP contribution in [0, 0.1) is 5.92 Å². The van der Waals surface area contributed by atoms with E-state index in [9.17, 15) is 18.0 Å². The largest absolute Gasteiger partial charge is 0.496 e. The van der Waals surface area contributed by atoms with Gasteiger partial charge in [0.25, 0.3) is 0 Å². The molecule has 0 amide bonds. The van der Waals surface area contributed by atoms with Crippen LogP contribution in [0.15, 0.2) is 55.1 Å². The van der Waals surface area contributed by atoms with Gasteiger partial charge in [-0.25, -0.2) is 4.79 Å². The zero-order chi connectivity index (χ0) is 27.4. The zero-order valence-electron chi connectivity index (χ0n) is 22.0. The molecule has 3 aromatic rings. The van der Waals surface area contributed by atoms with Crippen molar-refractivity contribution in [1.29, 1.82) is 0 Å². The second-order valence-electron chi connectivity index (χ2n) is 9.78. The van der Waals surface area contributed by atoms with E-state index in [1.807, 2.05) is 23.7 Å². The minimum Gasteiger partial charge on any atom is -0.496 e. The number of ether oxygens (including phenoxy) is 3. The number of unbranched alkanes of at least 4 members (excludes halogenated alkanes) is 2. The maximum Gasteiger partial charge on any atom is 0.398 e. The quantitative estimate of drug-likeness (QED) is 0.156. The van der Waals surface area contributed by atoms with Gasteiger partial charge in [-0.05, 0) is 61.6 Å². The third-order valence-electron chi connectivity index (χ3n) is 7.26. The first kappa shape index (κ1) is 27.6. The third kappa shape index (κ3) is 5.84. The van der Waals surface area contributed by atoms with E-state index in [0.29, 0.717) is 5.75 Å². The Morgan fingerprint density at radius 1 is 1.11 bits per heavy atom. The topological polar surface area (TPSA) is 49.7 Å². The van der Waals surface area contributed by atoms with Crippen LogP contribution < -0.4 is 9.47 Å². The monoisotopic (exact) mass is 529 g/mol. The Bertz CT molecular complexity index is 1300. The van der Waals surface area contributed by atoms with Gasteiger partial charge in [0.2, 0.25) is 0 Å². The van der Waals surface area contributed by atoms with Gasteiger partial charge in [0.1, 0.15) is 29.6 Å². The molecule has 204 valence electrons. The van der Waals surface area contributed by atoms with E-state index in [4.69, 9.17) is 14.2 Å². The van der Waals surface area contributed by atoms with Gasteiger partial charge in [-0.3, -0.25) is 0 Å². The molecular weight excluding hydrogens is 495 g/mol. The molecular formula is C30H34F3NO4. The number of aromatic nitrogens is 1. The van der Waals surface area contributed by atoms with Crippen molar-refractivity contribution in [3.05, 3.63) is 60.7 Å². The fourth-order valence-corrected chi connectivity index (χ4v) is 5.31. The summed E-state index contributed by atoms with van der Waals surface area (Å²) in [6, 6.07) is 13.6. The van der Waals surface area contributed by atoms with E-state index in [1.54, 1.807) is 19.2 Å². The van der Waals surface area contributed by atoms with E-state index >= 15 is 0 Å². The molecule has 1 aliphatic carbocycles. The molecule has 2 aromatic carbocycles. The number of fused-ring (bicyclic) bond motifs is 1. The number of methoxy groups -OCH3 is 1. The molecule has 8 heteroatoms. The summed E-state index contributed by atoms with van der Waals surface area (Å²) in [5.74, 6) is -1.67. The first-order chi connectivity index (χ1) is 18.2. The molecule has 3 unspecified atom stereocenters. The van der Waals surface area contributed by atoms with E-state index in [0.717, 1.165) is 53.2 Å². The predicted molar refractivity (Wildman–Crippen MR) is 141 cm³/mol. The Hall–Kier alpha value is -3.42. The van der Waals surface area contributed by atoms with Crippen LogP contribution in [0.5, 0.6) is 11.5 Å². The Labute approximate surface area is 221 Å². The fraction of sp³-hybridized carbons (Fsp3) is 0.433. The normalized spacial score (nSPS) is 19.5. The van der Waals surface area contributed by atoms with Crippen LogP contribution in [0.3, 0.4) is 0 Å². The summed E-state index contributed by atoms with van der Waals surface area (Å²) in [4.78, 5) is 11.6. The Kier molecular flexibility index (Phi) is 8.38. The lowest BCUT2D eigenvalue weighted by atomic mass is 10.0. The second-order valence-corrected chi connectivity index (χ2v) is 9.78. The number of hydrogen-bond donors (Lipinski definition) is 0. The van der Waals surface area contributed by atoms with Gasteiger partial charge in [0, 0.05) is 30.1 Å². The average Bonchev–Trinajstić information content (AvgIpc) is 3.44. The zero-order valence-corrected chi connectivity index (χ0v) is 22.0. The van der Waals surface area contributed by atoms with Gasteiger partial charge >= 0.3 is 12.1 Å². The van der Waals surface area contributed by atoms with Crippen molar-refractivity contribution >= 4 is 16.9 Å². The van der Waals surface area contributed by atoms with Gasteiger partial charge in [-0.1, -0.05) is 32.4 Å². The highest BCUT2D eigenvalue weighted by atomic mass is 19.4. The van der Waals surface area contributed by atoms with Gasteiger partial charge in [-0.15, -0.1) is 0 Å². The van der Waals surface area contributed by atoms with Crippen LogP contribution in [0.1, 0.15) is 44.6 Å². The summed E-state index contributed by atoms with van der Waals surface area (Å²) in [6.07, 6.45) is -1.50. The van der Waals surface area contributed by atoms with Gasteiger partial charge in [-0.2, -0.15) is 13.2 Å². The minimum absolute atomic E-state index is 0.0687. The van der Waals surface area contributed by atoms with Crippen LogP contribution in [-0.2, 0) is 23.0 Å². The Morgan fingerprint density at radius 2 is 1.87 bits per heavy atom. The maximum atomic E-state index is 13.9. The highest BCUT2D eigenvalue weighted by Crippen LogP contribution is 2.43. The predicted octanol–water partition coefficient (Wildman–Crippen LogP) is 7.40. The summed E-state index contributed by atoms with van der Waals surface area (Å²) in [7, 11) is 3.57. The van der Waals surface area contributed by atoms with Crippen molar-refractivity contribution in [2.75, 3.05) is 7.11 Å². The Balaban J connectivity index is 1.60. The SMILES string of the molecule is C=CC(=O)OC1CCC(Oc2ccc3cc(-c4ccc(CCCCC)cc4OC)n(C)c3c2)C1C(F)(F)F. The minimum atomic E-state index is -4.57. The molecule has 0 radical (unpaired) electrons. The smallest absolute Gasteiger partial charge is 0.398 e. The van der Waals surface area contributed by atoms with Crippen LogP contribution in [-0.4, -0.2) is 36.0 Å². The lowest BCUT2D eigenvalue weighted by Gasteiger charge is -2.27. The molecule has 0 aliphatic heterocycles. The number of hydrogen-bond acceptors (Lipinski definition) is 4. The Morgan fingerprint density at radius 3 is 2.55 bits per heavy atom. The van der Waals surface area contributed by atoms with Crippen molar-refractivity contribution in [2.45, 2.75) is 63.8 Å². The molecule has 1 saturated carbocycles. The molecule has 4 rings (SSSR count). The molecule has 0 spiro atoms. The van der Waals surface area contributed by atoms with Crippen molar-refractivity contribution < 1.29 is 32.2 Å². The molecule has 1 fully saturated rings. The number of esters is 1. The molecule has 0 saturated heterocycles. The first-order valence-electron chi connectivity index (χ1n) is 13.0. The van der Waals surface area contributed by atoms with E-state index in [1.165, 1.54) is 12.0 Å². The number of aryl methyl sites for hydroxylation is 2. The van der Waals surface area contributed by atoms with Crippen molar-refractivity contribution in [2.24, 2.45) is 13.0 Å². The second kappa shape index (κ2) is 11.5. The molecule has 3 atom stereocenters. The number of carbonyl (C=O) groups excluding carboxylic acids is 1. The number of alkyl halides is 3. The van der Waals surface area contributed by atoms with Crippen LogP contribution in [0.25, 0.3) is 22.2 Å². The van der Waals surface area contributed by atoms with E-state index in [-0.39, 0.29) is 12.8 Å². The summed E-state index contributed by atoms with van der Waals surface area (Å²) >= 11 is 0. The van der Waals surface area contributed by atoms with Crippen molar-refractivity contribution in [3.63, 3.8) is 0 Å². The van der Waals surface area contributed by atoms with Gasteiger partial charge < -0.3 is 18.8 Å². The van der Waals surface area contributed by atoms with Crippen molar-refractivity contribution in [3.8, 4) is 22.8 Å². The lowest BCUT2D eigenvalue weighted by Crippen LogP contribution is -2.41. The van der Waals surface area contributed by atoms with Crippen LogP contribution >= 0.6 is 0 Å². The van der Waals surface area contributed by atoms with E-state index in [2.05, 4.69) is 31.7 Å². The summed E-state index contributed by atoms with van der Waals surface area (Å²) in [5, 5.41) is 0.931. The van der Waals surface area contributed by atoms with E-state index < -0.39 is 30.3 Å². The highest BCUT2D eigenvalue weighted by molar-refractivity contribution is 5.89. The summed E-state index contributed by atoms with van der Waals surface area (Å²) in [6.45, 7) is 5.45. The van der Waals surface area contributed by atoms with Gasteiger partial charge in [0.05, 0.1) is 18.3 Å². The van der Waals surface area contributed by atoms with Crippen LogP contribution in [0.4, 0.5) is 13.2 Å². The molecule has 38 heavy (non-hydrogen) atoms. The number of halogens is 3. The average molecular weight is 530 g/mol. The molecule has 1 heterocycles. The van der Waals surface area contributed by atoms with Crippen LogP contribution in [0.2, 0.25) is 0 Å².